The van der Waals surface area contributed by atoms with Gasteiger partial charge in [-0.05, 0) is 39.3 Å². The highest BCUT2D eigenvalue weighted by molar-refractivity contribution is 6.28. The second-order valence-electron chi connectivity index (χ2n) is 4.58. The van der Waals surface area contributed by atoms with Crippen LogP contribution in [0.1, 0.15) is 27.7 Å². The Morgan fingerprint density at radius 2 is 1.94 bits per heavy atom. The molecule has 102 valence electrons. The number of nitrogens with one attached hydrogen (secondary N) is 1. The van der Waals surface area contributed by atoms with Crippen molar-refractivity contribution in [3.8, 4) is 0 Å². The summed E-state index contributed by atoms with van der Waals surface area (Å²) in [5.41, 5.74) is -0.826. The van der Waals surface area contributed by atoms with Crippen molar-refractivity contribution in [1.82, 2.24) is 15.0 Å². The molecule has 0 unspecified atom stereocenters. The third-order valence-electron chi connectivity index (χ3n) is 2.17. The van der Waals surface area contributed by atoms with E-state index in [0.717, 1.165) is 0 Å². The molecule has 0 aliphatic rings. The van der Waals surface area contributed by atoms with Crippen LogP contribution in [0.3, 0.4) is 0 Å². The zero-order valence-electron chi connectivity index (χ0n) is 11.2. The van der Waals surface area contributed by atoms with E-state index in [1.807, 2.05) is 18.7 Å². The Morgan fingerprint density at radius 3 is 2.44 bits per heavy atom. The molecule has 1 rings (SSSR count). The van der Waals surface area contributed by atoms with Crippen LogP contribution in [0.25, 0.3) is 0 Å². The maximum Gasteiger partial charge on any atom is 0.231 e. The molecule has 0 bridgehead atoms. The molecule has 18 heavy (non-hydrogen) atoms. The van der Waals surface area contributed by atoms with Crippen molar-refractivity contribution in [3.05, 3.63) is 5.28 Å². The Bertz CT molecular complexity index is 394. The van der Waals surface area contributed by atoms with Gasteiger partial charge in [0.15, 0.2) is 0 Å². The van der Waals surface area contributed by atoms with Gasteiger partial charge in [-0.15, -0.1) is 0 Å². The number of likely N-dealkylation sites (N-methyl/N-ethyl adjacent to an activating group) is 1. The molecule has 6 nitrogen and oxygen atoms in total. The number of halogens is 1. The molecular formula is C11H20ClN5O. The lowest BCUT2D eigenvalue weighted by molar-refractivity contribution is 0.0872. The summed E-state index contributed by atoms with van der Waals surface area (Å²) in [7, 11) is 0. The Balaban J connectivity index is 2.98. The van der Waals surface area contributed by atoms with Crippen LogP contribution in [-0.2, 0) is 0 Å². The van der Waals surface area contributed by atoms with Crippen molar-refractivity contribution < 1.29 is 5.11 Å². The van der Waals surface area contributed by atoms with Crippen molar-refractivity contribution in [2.75, 3.05) is 29.9 Å². The average molecular weight is 274 g/mol. The predicted octanol–water partition coefficient (Wildman–Crippen LogP) is 1.55. The molecule has 0 saturated heterocycles. The summed E-state index contributed by atoms with van der Waals surface area (Å²) in [4.78, 5) is 14.2. The summed E-state index contributed by atoms with van der Waals surface area (Å²) in [5.74, 6) is 0.914. The van der Waals surface area contributed by atoms with Crippen LogP contribution in [-0.4, -0.2) is 45.3 Å². The maximum absolute atomic E-state index is 9.86. The zero-order chi connectivity index (χ0) is 13.8. The highest BCUT2D eigenvalue weighted by Gasteiger charge is 2.20. The molecule has 0 amide bonds. The van der Waals surface area contributed by atoms with E-state index in [2.05, 4.69) is 20.3 Å². The fourth-order valence-corrected chi connectivity index (χ4v) is 1.66. The largest absolute Gasteiger partial charge is 0.389 e. The smallest absolute Gasteiger partial charge is 0.231 e. The number of aliphatic hydroxyl groups is 1. The lowest BCUT2D eigenvalue weighted by Gasteiger charge is -2.28. The van der Waals surface area contributed by atoms with Gasteiger partial charge in [0.25, 0.3) is 0 Å². The molecule has 0 saturated carbocycles. The molecule has 7 heteroatoms. The van der Waals surface area contributed by atoms with E-state index in [9.17, 15) is 5.11 Å². The van der Waals surface area contributed by atoms with Crippen molar-refractivity contribution in [1.29, 1.82) is 0 Å². The number of hydrogen-bond donors (Lipinski definition) is 2. The first kappa shape index (κ1) is 14.9. The van der Waals surface area contributed by atoms with Gasteiger partial charge in [-0.1, -0.05) is 0 Å². The van der Waals surface area contributed by atoms with Gasteiger partial charge >= 0.3 is 0 Å². The number of rotatable bonds is 6. The quantitative estimate of drug-likeness (QED) is 0.819. The Kier molecular flexibility index (Phi) is 5.10. The molecule has 0 aliphatic heterocycles. The molecule has 1 aromatic heterocycles. The summed E-state index contributed by atoms with van der Waals surface area (Å²) in [6.45, 7) is 9.21. The van der Waals surface area contributed by atoms with Gasteiger partial charge in [-0.3, -0.25) is 0 Å². The predicted molar refractivity (Wildman–Crippen MR) is 73.2 cm³/mol. The van der Waals surface area contributed by atoms with E-state index >= 15 is 0 Å². The first-order valence-corrected chi connectivity index (χ1v) is 6.36. The topological polar surface area (TPSA) is 74.2 Å². The minimum absolute atomic E-state index is 0.144. The summed E-state index contributed by atoms with van der Waals surface area (Å²) < 4.78 is 0. The number of hydrogen-bond acceptors (Lipinski definition) is 6. The zero-order valence-corrected chi connectivity index (χ0v) is 12.0. The second-order valence-corrected chi connectivity index (χ2v) is 4.92. The highest BCUT2D eigenvalue weighted by atomic mass is 35.5. The van der Waals surface area contributed by atoms with Crippen LogP contribution in [0.4, 0.5) is 11.9 Å². The summed E-state index contributed by atoms with van der Waals surface area (Å²) in [5, 5.41) is 13.0. The van der Waals surface area contributed by atoms with Gasteiger partial charge in [-0.25, -0.2) is 0 Å². The monoisotopic (exact) mass is 273 g/mol. The highest BCUT2D eigenvalue weighted by Crippen LogP contribution is 2.16. The number of aromatic nitrogens is 3. The van der Waals surface area contributed by atoms with Gasteiger partial charge in [0, 0.05) is 19.6 Å². The lowest BCUT2D eigenvalue weighted by Crippen LogP contribution is -2.39. The standard InChI is InChI=1S/C11H20ClN5O/c1-5-13-9-14-8(12)15-10(16-9)17(6-2)7-11(3,4)18/h18H,5-7H2,1-4H3,(H,13,14,15,16). The SMILES string of the molecule is CCNc1nc(Cl)nc(N(CC)CC(C)(C)O)n1. The Labute approximate surface area is 112 Å². The van der Waals surface area contributed by atoms with Crippen molar-refractivity contribution >= 4 is 23.5 Å². The van der Waals surface area contributed by atoms with E-state index < -0.39 is 5.60 Å². The molecule has 0 aliphatic carbocycles. The number of anilines is 2. The van der Waals surface area contributed by atoms with Gasteiger partial charge in [0.1, 0.15) is 0 Å². The third-order valence-corrected chi connectivity index (χ3v) is 2.34. The second kappa shape index (κ2) is 6.15. The Morgan fingerprint density at radius 1 is 1.28 bits per heavy atom. The van der Waals surface area contributed by atoms with Gasteiger partial charge in [0.2, 0.25) is 17.2 Å². The summed E-state index contributed by atoms with van der Waals surface area (Å²) >= 11 is 5.87. The molecule has 1 aromatic rings. The Hall–Kier alpha value is -1.14. The molecule has 0 fully saturated rings. The summed E-state index contributed by atoms with van der Waals surface area (Å²) in [6, 6.07) is 0. The van der Waals surface area contributed by atoms with Crippen LogP contribution in [0, 0.1) is 0 Å². The van der Waals surface area contributed by atoms with E-state index in [0.29, 0.717) is 31.5 Å². The fourth-order valence-electron chi connectivity index (χ4n) is 1.51. The van der Waals surface area contributed by atoms with Gasteiger partial charge < -0.3 is 15.3 Å². The van der Waals surface area contributed by atoms with E-state index in [-0.39, 0.29) is 5.28 Å². The fraction of sp³-hybridized carbons (Fsp3) is 0.727. The van der Waals surface area contributed by atoms with Crippen molar-refractivity contribution in [3.63, 3.8) is 0 Å². The van der Waals surface area contributed by atoms with Crippen LogP contribution < -0.4 is 10.2 Å². The normalized spacial score (nSPS) is 11.4. The third kappa shape index (κ3) is 4.62. The minimum atomic E-state index is -0.826. The first-order valence-electron chi connectivity index (χ1n) is 5.98. The summed E-state index contributed by atoms with van der Waals surface area (Å²) in [6.07, 6.45) is 0. The number of nitrogens with zero attached hydrogens (tertiary/aromatic N) is 4. The molecule has 1 heterocycles. The molecule has 0 aromatic carbocycles. The first-order chi connectivity index (χ1) is 8.35. The van der Waals surface area contributed by atoms with Crippen LogP contribution in [0.2, 0.25) is 5.28 Å². The lowest BCUT2D eigenvalue weighted by atomic mass is 10.1. The van der Waals surface area contributed by atoms with Crippen LogP contribution in [0.15, 0.2) is 0 Å². The maximum atomic E-state index is 9.86. The van der Waals surface area contributed by atoms with E-state index in [1.54, 1.807) is 13.8 Å². The molecule has 0 spiro atoms. The average Bonchev–Trinajstić information content (AvgIpc) is 2.24. The molecular weight excluding hydrogens is 254 g/mol. The van der Waals surface area contributed by atoms with Crippen LogP contribution in [0.5, 0.6) is 0 Å². The molecule has 0 radical (unpaired) electrons. The van der Waals surface area contributed by atoms with E-state index in [4.69, 9.17) is 11.6 Å². The molecule has 0 atom stereocenters. The minimum Gasteiger partial charge on any atom is -0.389 e. The van der Waals surface area contributed by atoms with E-state index in [1.165, 1.54) is 0 Å². The van der Waals surface area contributed by atoms with Gasteiger partial charge in [-0.2, -0.15) is 15.0 Å². The van der Waals surface area contributed by atoms with Crippen molar-refractivity contribution in [2.45, 2.75) is 33.3 Å². The van der Waals surface area contributed by atoms with Gasteiger partial charge in [0.05, 0.1) is 5.60 Å². The molecule has 2 N–H and O–H groups in total. The van der Waals surface area contributed by atoms with Crippen LogP contribution >= 0.6 is 11.6 Å². The van der Waals surface area contributed by atoms with Crippen molar-refractivity contribution in [2.24, 2.45) is 0 Å².